The third-order valence-corrected chi connectivity index (χ3v) is 7.04. The number of aliphatic imine (C=N–C) groups is 1. The number of aryl methyl sites for hydroxylation is 1. The van der Waals surface area contributed by atoms with Crippen molar-refractivity contribution < 1.29 is 9.53 Å². The number of amidine groups is 1. The standard InChI is InChI=1S/C25H20Br2N2O2S/c1-16-8-10-19(11-9-16)28-25-29(15-17-6-4-3-5-7-17)24(30)22(32-25)14-18-12-20(26)23(31-2)21(27)13-18/h3-14H,15H2,1-2H3/b22-14+,28-25?. The van der Waals surface area contributed by atoms with E-state index in [4.69, 9.17) is 9.73 Å². The van der Waals surface area contributed by atoms with Gasteiger partial charge < -0.3 is 4.74 Å². The van der Waals surface area contributed by atoms with Crippen LogP contribution in [-0.2, 0) is 11.3 Å². The number of ether oxygens (including phenoxy) is 1. The number of carbonyl (C=O) groups is 1. The zero-order valence-electron chi connectivity index (χ0n) is 17.5. The summed E-state index contributed by atoms with van der Waals surface area (Å²) in [6.45, 7) is 2.50. The van der Waals surface area contributed by atoms with Gasteiger partial charge in [0.2, 0.25) is 0 Å². The Bertz CT molecular complexity index is 1190. The lowest BCUT2D eigenvalue weighted by molar-refractivity contribution is -0.122. The van der Waals surface area contributed by atoms with Crippen LogP contribution in [-0.4, -0.2) is 23.1 Å². The van der Waals surface area contributed by atoms with Gasteiger partial charge in [0.1, 0.15) is 5.75 Å². The molecule has 3 aromatic rings. The molecule has 0 aromatic heterocycles. The molecule has 1 fully saturated rings. The van der Waals surface area contributed by atoms with Gasteiger partial charge in [0.25, 0.3) is 5.91 Å². The summed E-state index contributed by atoms with van der Waals surface area (Å²) in [6, 6.07) is 21.8. The van der Waals surface area contributed by atoms with E-state index in [0.29, 0.717) is 22.4 Å². The fourth-order valence-electron chi connectivity index (χ4n) is 3.24. The van der Waals surface area contributed by atoms with E-state index >= 15 is 0 Å². The van der Waals surface area contributed by atoms with Gasteiger partial charge in [0.05, 0.1) is 33.2 Å². The van der Waals surface area contributed by atoms with Gasteiger partial charge in [0.15, 0.2) is 5.17 Å². The van der Waals surface area contributed by atoms with Gasteiger partial charge in [0, 0.05) is 0 Å². The molecule has 1 aliphatic heterocycles. The van der Waals surface area contributed by atoms with Crippen molar-refractivity contribution in [2.45, 2.75) is 13.5 Å². The highest BCUT2D eigenvalue weighted by molar-refractivity contribution is 9.11. The number of rotatable bonds is 5. The molecule has 0 spiro atoms. The topological polar surface area (TPSA) is 41.9 Å². The number of thioether (sulfide) groups is 1. The largest absolute Gasteiger partial charge is 0.494 e. The molecule has 1 amide bonds. The molecular weight excluding hydrogens is 552 g/mol. The van der Waals surface area contributed by atoms with Crippen molar-refractivity contribution in [3.05, 3.63) is 97.3 Å². The van der Waals surface area contributed by atoms with Crippen LogP contribution in [0.4, 0.5) is 5.69 Å². The van der Waals surface area contributed by atoms with E-state index in [1.54, 1.807) is 12.0 Å². The molecule has 32 heavy (non-hydrogen) atoms. The van der Waals surface area contributed by atoms with Crippen LogP contribution in [0.2, 0.25) is 0 Å². The minimum Gasteiger partial charge on any atom is -0.494 e. The average Bonchev–Trinajstić information content (AvgIpc) is 3.05. The molecule has 0 radical (unpaired) electrons. The van der Waals surface area contributed by atoms with Crippen molar-refractivity contribution in [3.8, 4) is 5.75 Å². The highest BCUT2D eigenvalue weighted by Gasteiger charge is 2.33. The van der Waals surface area contributed by atoms with Gasteiger partial charge in [-0.1, -0.05) is 48.0 Å². The normalized spacial score (nSPS) is 16.2. The summed E-state index contributed by atoms with van der Waals surface area (Å²) < 4.78 is 7.01. The molecule has 1 heterocycles. The molecule has 0 unspecified atom stereocenters. The molecule has 3 aromatic carbocycles. The van der Waals surface area contributed by atoms with Crippen LogP contribution in [0, 0.1) is 6.92 Å². The maximum atomic E-state index is 13.4. The van der Waals surface area contributed by atoms with Gasteiger partial charge in [-0.05, 0) is 92.0 Å². The number of nitrogens with zero attached hydrogens (tertiary/aromatic N) is 2. The van der Waals surface area contributed by atoms with Crippen molar-refractivity contribution in [2.75, 3.05) is 7.11 Å². The number of hydrogen-bond donors (Lipinski definition) is 0. The fourth-order valence-corrected chi connectivity index (χ4v) is 5.78. The zero-order valence-corrected chi connectivity index (χ0v) is 21.5. The lowest BCUT2D eigenvalue weighted by Gasteiger charge is -2.15. The first kappa shape index (κ1) is 22.8. The Kier molecular flexibility index (Phi) is 7.18. The SMILES string of the molecule is COc1c(Br)cc(/C=C2/SC(=Nc3ccc(C)cc3)N(Cc3ccccc3)C2=O)cc1Br. The predicted molar refractivity (Wildman–Crippen MR) is 139 cm³/mol. The first-order chi connectivity index (χ1) is 15.4. The molecule has 0 atom stereocenters. The van der Waals surface area contributed by atoms with Crippen molar-refractivity contribution in [1.29, 1.82) is 0 Å². The Morgan fingerprint density at radius 3 is 2.31 bits per heavy atom. The van der Waals surface area contributed by atoms with E-state index in [1.165, 1.54) is 17.3 Å². The van der Waals surface area contributed by atoms with Gasteiger partial charge >= 0.3 is 0 Å². The van der Waals surface area contributed by atoms with E-state index in [9.17, 15) is 4.79 Å². The quantitative estimate of drug-likeness (QED) is 0.301. The Morgan fingerprint density at radius 1 is 1.03 bits per heavy atom. The summed E-state index contributed by atoms with van der Waals surface area (Å²) >= 11 is 8.45. The second kappa shape index (κ2) is 10.1. The van der Waals surface area contributed by atoms with Crippen LogP contribution in [0.3, 0.4) is 0 Å². The van der Waals surface area contributed by atoms with Crippen molar-refractivity contribution in [1.82, 2.24) is 4.90 Å². The van der Waals surface area contributed by atoms with Crippen LogP contribution in [0.5, 0.6) is 5.75 Å². The number of benzene rings is 3. The maximum Gasteiger partial charge on any atom is 0.267 e. The molecular formula is C25H20Br2N2O2S. The monoisotopic (exact) mass is 570 g/mol. The molecule has 1 aliphatic rings. The highest BCUT2D eigenvalue weighted by Crippen LogP contribution is 2.38. The number of methoxy groups -OCH3 is 1. The molecule has 1 saturated heterocycles. The van der Waals surface area contributed by atoms with Crippen LogP contribution in [0.15, 0.2) is 85.6 Å². The summed E-state index contributed by atoms with van der Waals surface area (Å²) in [5.41, 5.74) is 3.92. The molecule has 4 rings (SSSR count). The highest BCUT2D eigenvalue weighted by atomic mass is 79.9. The second-order valence-corrected chi connectivity index (χ2v) is 9.95. The molecule has 7 heteroatoms. The smallest absolute Gasteiger partial charge is 0.267 e. The van der Waals surface area contributed by atoms with Gasteiger partial charge in [-0.2, -0.15) is 0 Å². The Balaban J connectivity index is 1.71. The number of hydrogen-bond acceptors (Lipinski definition) is 4. The maximum absolute atomic E-state index is 13.4. The zero-order chi connectivity index (χ0) is 22.7. The summed E-state index contributed by atoms with van der Waals surface area (Å²) in [7, 11) is 1.62. The van der Waals surface area contributed by atoms with Gasteiger partial charge in [-0.3, -0.25) is 9.69 Å². The summed E-state index contributed by atoms with van der Waals surface area (Å²) in [6.07, 6.45) is 1.89. The predicted octanol–water partition coefficient (Wildman–Crippen LogP) is 7.33. The van der Waals surface area contributed by atoms with Crippen molar-refractivity contribution in [2.24, 2.45) is 4.99 Å². The first-order valence-electron chi connectivity index (χ1n) is 9.88. The Labute approximate surface area is 208 Å². The first-order valence-corrected chi connectivity index (χ1v) is 12.3. The minimum absolute atomic E-state index is 0.0622. The molecule has 0 aliphatic carbocycles. The molecule has 0 saturated carbocycles. The van der Waals surface area contributed by atoms with Crippen molar-refractivity contribution in [3.63, 3.8) is 0 Å². The third-order valence-electron chi connectivity index (χ3n) is 4.85. The molecule has 162 valence electrons. The Hall–Kier alpha value is -2.35. The van der Waals surface area contributed by atoms with E-state index < -0.39 is 0 Å². The van der Waals surface area contributed by atoms with Crippen LogP contribution < -0.4 is 4.74 Å². The number of amides is 1. The van der Waals surface area contributed by atoms with Gasteiger partial charge in [-0.25, -0.2) is 4.99 Å². The van der Waals surface area contributed by atoms with E-state index in [-0.39, 0.29) is 5.91 Å². The van der Waals surface area contributed by atoms with E-state index in [1.807, 2.05) is 79.7 Å². The second-order valence-electron chi connectivity index (χ2n) is 7.24. The van der Waals surface area contributed by atoms with Gasteiger partial charge in [-0.15, -0.1) is 0 Å². The average molecular weight is 572 g/mol. The lowest BCUT2D eigenvalue weighted by Crippen LogP contribution is -2.28. The molecule has 4 nitrogen and oxygen atoms in total. The fraction of sp³-hybridized carbons (Fsp3) is 0.120. The lowest BCUT2D eigenvalue weighted by atomic mass is 10.2. The minimum atomic E-state index is -0.0622. The van der Waals surface area contributed by atoms with E-state index in [2.05, 4.69) is 31.9 Å². The van der Waals surface area contributed by atoms with Crippen LogP contribution in [0.1, 0.15) is 16.7 Å². The summed E-state index contributed by atoms with van der Waals surface area (Å²) in [4.78, 5) is 20.5. The van der Waals surface area contributed by atoms with Crippen LogP contribution in [0.25, 0.3) is 6.08 Å². The van der Waals surface area contributed by atoms with E-state index in [0.717, 1.165) is 25.8 Å². The van der Waals surface area contributed by atoms with Crippen LogP contribution >= 0.6 is 43.6 Å². The summed E-state index contributed by atoms with van der Waals surface area (Å²) in [5.74, 6) is 0.651. The molecule has 0 N–H and O–H groups in total. The third kappa shape index (κ3) is 5.17. The van der Waals surface area contributed by atoms with Crippen molar-refractivity contribution >= 4 is 66.5 Å². The summed E-state index contributed by atoms with van der Waals surface area (Å²) in [5, 5.41) is 0.667. The molecule has 0 bridgehead atoms. The number of halogens is 2. The number of carbonyl (C=O) groups excluding carboxylic acids is 1. The Morgan fingerprint density at radius 2 is 1.69 bits per heavy atom.